The molecule has 0 aromatic carbocycles. The van der Waals surface area contributed by atoms with Crippen LogP contribution in [0.2, 0.25) is 0 Å². The number of hydrogen-bond acceptors (Lipinski definition) is 4. The van der Waals surface area contributed by atoms with Gasteiger partial charge in [0.25, 0.3) is 0 Å². The first kappa shape index (κ1) is 8.64. The van der Waals surface area contributed by atoms with Crippen molar-refractivity contribution in [2.75, 3.05) is 0 Å². The third-order valence-electron chi connectivity index (χ3n) is 2.64. The first-order valence-corrected chi connectivity index (χ1v) is 5.44. The van der Waals surface area contributed by atoms with Gasteiger partial charge >= 0.3 is 0 Å². The molecular formula is C9H11N3S. The van der Waals surface area contributed by atoms with Crippen molar-refractivity contribution in [2.45, 2.75) is 31.6 Å². The zero-order chi connectivity index (χ0) is 9.10. The van der Waals surface area contributed by atoms with Gasteiger partial charge in [-0.1, -0.05) is 0 Å². The highest BCUT2D eigenvalue weighted by Crippen LogP contribution is 2.35. The highest BCUT2D eigenvalue weighted by Gasteiger charge is 2.23. The third kappa shape index (κ3) is 1.86. The van der Waals surface area contributed by atoms with E-state index in [1.807, 2.05) is 0 Å². The zero-order valence-electron chi connectivity index (χ0n) is 7.31. The summed E-state index contributed by atoms with van der Waals surface area (Å²) >= 11 is 1.63. The number of nitriles is 1. The van der Waals surface area contributed by atoms with E-state index < -0.39 is 0 Å². The molecule has 1 aromatic rings. The Morgan fingerprint density at radius 1 is 1.38 bits per heavy atom. The lowest BCUT2D eigenvalue weighted by atomic mass is 9.83. The summed E-state index contributed by atoms with van der Waals surface area (Å²) in [6.07, 6.45) is 4.27. The molecule has 0 bridgehead atoms. The quantitative estimate of drug-likeness (QED) is 0.687. The first-order chi connectivity index (χ1) is 6.40. The van der Waals surface area contributed by atoms with Gasteiger partial charge in [-0.25, -0.2) is 0 Å². The lowest BCUT2D eigenvalue weighted by Gasteiger charge is -2.22. The molecule has 3 nitrogen and oxygen atoms in total. The Morgan fingerprint density at radius 2 is 2.15 bits per heavy atom. The van der Waals surface area contributed by atoms with Crippen molar-refractivity contribution in [2.24, 2.45) is 5.92 Å². The Labute approximate surface area is 81.4 Å². The number of rotatable bonds is 1. The average Bonchev–Trinajstić information content (AvgIpc) is 2.71. The van der Waals surface area contributed by atoms with E-state index in [1.54, 1.807) is 16.8 Å². The van der Waals surface area contributed by atoms with Gasteiger partial charge in [0.05, 0.1) is 6.07 Å². The largest absolute Gasteiger partial charge is 0.198 e. The predicted molar refractivity (Wildman–Crippen MR) is 50.2 cm³/mol. The van der Waals surface area contributed by atoms with E-state index >= 15 is 0 Å². The Hall–Kier alpha value is -0.950. The average molecular weight is 193 g/mol. The van der Waals surface area contributed by atoms with E-state index in [0.717, 1.165) is 30.7 Å². The summed E-state index contributed by atoms with van der Waals surface area (Å²) in [6.45, 7) is 0. The minimum absolute atomic E-state index is 0.282. The second-order valence-electron chi connectivity index (χ2n) is 3.45. The number of aromatic nitrogens is 2. The van der Waals surface area contributed by atoms with Crippen LogP contribution in [-0.2, 0) is 0 Å². The van der Waals surface area contributed by atoms with E-state index in [-0.39, 0.29) is 5.92 Å². The van der Waals surface area contributed by atoms with E-state index in [4.69, 9.17) is 5.26 Å². The Balaban J connectivity index is 1.96. The van der Waals surface area contributed by atoms with Crippen molar-refractivity contribution < 1.29 is 0 Å². The smallest absolute Gasteiger partial charge is 0.120 e. The van der Waals surface area contributed by atoms with Crippen molar-refractivity contribution in [3.63, 3.8) is 0 Å². The van der Waals surface area contributed by atoms with Crippen molar-refractivity contribution in [3.8, 4) is 6.07 Å². The Bertz CT molecular complexity index is 293. The molecule has 1 aliphatic rings. The molecule has 0 aliphatic heterocycles. The van der Waals surface area contributed by atoms with Gasteiger partial charge in [-0.15, -0.1) is 21.5 Å². The zero-order valence-corrected chi connectivity index (χ0v) is 8.13. The van der Waals surface area contributed by atoms with Crippen molar-refractivity contribution >= 4 is 11.3 Å². The fourth-order valence-electron chi connectivity index (χ4n) is 1.83. The topological polar surface area (TPSA) is 49.6 Å². The van der Waals surface area contributed by atoms with Crippen molar-refractivity contribution in [1.82, 2.24) is 10.2 Å². The molecule has 1 fully saturated rings. The second-order valence-corrected chi connectivity index (χ2v) is 4.32. The highest BCUT2D eigenvalue weighted by atomic mass is 32.1. The molecule has 2 rings (SSSR count). The van der Waals surface area contributed by atoms with Gasteiger partial charge in [0.15, 0.2) is 0 Å². The Morgan fingerprint density at radius 3 is 2.69 bits per heavy atom. The molecule has 0 atom stereocenters. The Kier molecular flexibility index (Phi) is 2.55. The molecule has 0 saturated heterocycles. The molecule has 0 amide bonds. The molecule has 1 aliphatic carbocycles. The molecule has 1 heterocycles. The second kappa shape index (κ2) is 3.84. The molecule has 0 spiro atoms. The predicted octanol–water partition coefficient (Wildman–Crippen LogP) is 2.34. The fourth-order valence-corrected chi connectivity index (χ4v) is 2.55. The standard InChI is InChI=1S/C9H11N3S/c10-5-7-1-3-8(4-2-7)9-12-11-6-13-9/h6-8H,1-4H2. The molecule has 68 valence electrons. The summed E-state index contributed by atoms with van der Waals surface area (Å²) in [7, 11) is 0. The molecular weight excluding hydrogens is 182 g/mol. The van der Waals surface area contributed by atoms with Crippen LogP contribution in [0.15, 0.2) is 5.51 Å². The van der Waals surface area contributed by atoms with E-state index in [0.29, 0.717) is 5.92 Å². The summed E-state index contributed by atoms with van der Waals surface area (Å²) in [5, 5.41) is 17.8. The van der Waals surface area contributed by atoms with Crippen LogP contribution >= 0.6 is 11.3 Å². The maximum absolute atomic E-state index is 8.73. The summed E-state index contributed by atoms with van der Waals surface area (Å²) in [5.41, 5.74) is 1.78. The minimum Gasteiger partial charge on any atom is -0.198 e. The maximum Gasteiger partial charge on any atom is 0.120 e. The van der Waals surface area contributed by atoms with Gasteiger partial charge in [-0.3, -0.25) is 0 Å². The summed E-state index contributed by atoms with van der Waals surface area (Å²) in [5.74, 6) is 0.848. The third-order valence-corrected chi connectivity index (χ3v) is 3.49. The van der Waals surface area contributed by atoms with E-state index in [2.05, 4.69) is 16.3 Å². The summed E-state index contributed by atoms with van der Waals surface area (Å²) in [4.78, 5) is 0. The van der Waals surface area contributed by atoms with Crippen molar-refractivity contribution in [3.05, 3.63) is 10.5 Å². The van der Waals surface area contributed by atoms with Gasteiger partial charge in [0, 0.05) is 11.8 Å². The monoisotopic (exact) mass is 193 g/mol. The molecule has 0 N–H and O–H groups in total. The van der Waals surface area contributed by atoms with E-state index in [1.165, 1.54) is 0 Å². The van der Waals surface area contributed by atoms with Gasteiger partial charge in [-0.05, 0) is 25.7 Å². The SMILES string of the molecule is N#CC1CCC(c2nncs2)CC1. The van der Waals surface area contributed by atoms with Crippen LogP contribution in [0.1, 0.15) is 36.6 Å². The molecule has 1 aromatic heterocycles. The molecule has 0 radical (unpaired) electrons. The molecule has 13 heavy (non-hydrogen) atoms. The first-order valence-electron chi connectivity index (χ1n) is 4.56. The molecule has 1 saturated carbocycles. The van der Waals surface area contributed by atoms with E-state index in [9.17, 15) is 0 Å². The fraction of sp³-hybridized carbons (Fsp3) is 0.667. The van der Waals surface area contributed by atoms with Crippen LogP contribution in [0.3, 0.4) is 0 Å². The van der Waals surface area contributed by atoms with Crippen molar-refractivity contribution in [1.29, 1.82) is 5.26 Å². The lowest BCUT2D eigenvalue weighted by molar-refractivity contribution is 0.380. The van der Waals surface area contributed by atoms with Gasteiger partial charge in [0.2, 0.25) is 0 Å². The number of nitrogens with zero attached hydrogens (tertiary/aromatic N) is 3. The minimum atomic E-state index is 0.282. The van der Waals surface area contributed by atoms with Crippen LogP contribution < -0.4 is 0 Å². The molecule has 0 unspecified atom stereocenters. The highest BCUT2D eigenvalue weighted by molar-refractivity contribution is 7.09. The molecule has 4 heteroatoms. The normalized spacial score (nSPS) is 28.2. The number of hydrogen-bond donors (Lipinski definition) is 0. The maximum atomic E-state index is 8.73. The van der Waals surface area contributed by atoms with Crippen LogP contribution in [-0.4, -0.2) is 10.2 Å². The van der Waals surface area contributed by atoms with Gasteiger partial charge in [0.1, 0.15) is 10.5 Å². The summed E-state index contributed by atoms with van der Waals surface area (Å²) < 4.78 is 0. The van der Waals surface area contributed by atoms with Crippen LogP contribution in [0.25, 0.3) is 0 Å². The van der Waals surface area contributed by atoms with Gasteiger partial charge < -0.3 is 0 Å². The van der Waals surface area contributed by atoms with Gasteiger partial charge in [-0.2, -0.15) is 5.26 Å². The summed E-state index contributed by atoms with van der Waals surface area (Å²) in [6, 6.07) is 2.34. The van der Waals surface area contributed by atoms with Crippen LogP contribution in [0.5, 0.6) is 0 Å². The van der Waals surface area contributed by atoms with Crippen LogP contribution in [0, 0.1) is 17.2 Å². The van der Waals surface area contributed by atoms with Crippen LogP contribution in [0.4, 0.5) is 0 Å². The lowest BCUT2D eigenvalue weighted by Crippen LogP contribution is -2.11.